The molecule has 35 heavy (non-hydrogen) atoms. The zero-order valence-corrected chi connectivity index (χ0v) is 19.6. The van der Waals surface area contributed by atoms with Crippen molar-refractivity contribution in [3.8, 4) is 0 Å². The van der Waals surface area contributed by atoms with Gasteiger partial charge < -0.3 is 15.5 Å². The fraction of sp³-hybridized carbons (Fsp3) is 0.207. The summed E-state index contributed by atoms with van der Waals surface area (Å²) < 4.78 is 0. The van der Waals surface area contributed by atoms with E-state index in [-0.39, 0.29) is 0 Å². The normalized spacial score (nSPS) is 14.1. The van der Waals surface area contributed by atoms with E-state index in [1.165, 1.54) is 23.6 Å². The minimum atomic E-state index is 0.540. The van der Waals surface area contributed by atoms with Crippen LogP contribution in [0.25, 0.3) is 21.5 Å². The van der Waals surface area contributed by atoms with Crippen molar-refractivity contribution in [2.75, 3.05) is 28.6 Å². The van der Waals surface area contributed by atoms with Gasteiger partial charge in [-0.3, -0.25) is 0 Å². The number of hydrogen-bond acceptors (Lipinski definition) is 6. The summed E-state index contributed by atoms with van der Waals surface area (Å²) in [6.07, 6.45) is 4.82. The van der Waals surface area contributed by atoms with Gasteiger partial charge in [-0.2, -0.15) is 15.0 Å². The van der Waals surface area contributed by atoms with Gasteiger partial charge in [0.1, 0.15) is 0 Å². The first kappa shape index (κ1) is 21.4. The SMILES string of the molecule is c1ccc2c(Nc3nc(Nc4cccc5ccccc45)nc(N4CCCCCC4)n3)cccc2c1. The van der Waals surface area contributed by atoms with Crippen LogP contribution in [-0.2, 0) is 0 Å². The van der Waals surface area contributed by atoms with Gasteiger partial charge in [-0.25, -0.2) is 0 Å². The van der Waals surface area contributed by atoms with Gasteiger partial charge in [-0.05, 0) is 35.7 Å². The van der Waals surface area contributed by atoms with Gasteiger partial charge >= 0.3 is 0 Å². The van der Waals surface area contributed by atoms with Crippen LogP contribution in [0.1, 0.15) is 25.7 Å². The Morgan fingerprint density at radius 1 is 0.514 bits per heavy atom. The highest BCUT2D eigenvalue weighted by molar-refractivity contribution is 5.96. The van der Waals surface area contributed by atoms with Crippen LogP contribution < -0.4 is 15.5 Å². The van der Waals surface area contributed by atoms with Crippen LogP contribution in [0.3, 0.4) is 0 Å². The molecule has 1 saturated heterocycles. The molecule has 0 radical (unpaired) electrons. The van der Waals surface area contributed by atoms with E-state index in [4.69, 9.17) is 15.0 Å². The Bertz CT molecular complexity index is 1360. The third kappa shape index (κ3) is 4.60. The zero-order valence-electron chi connectivity index (χ0n) is 19.6. The van der Waals surface area contributed by atoms with Gasteiger partial charge in [0, 0.05) is 35.2 Å². The van der Waals surface area contributed by atoms with Crippen molar-refractivity contribution in [3.63, 3.8) is 0 Å². The predicted octanol–water partition coefficient (Wildman–Crippen LogP) is 7.05. The number of nitrogens with zero attached hydrogens (tertiary/aromatic N) is 4. The van der Waals surface area contributed by atoms with Gasteiger partial charge in [0.05, 0.1) is 0 Å². The monoisotopic (exact) mass is 460 g/mol. The van der Waals surface area contributed by atoms with Crippen molar-refractivity contribution in [2.45, 2.75) is 25.7 Å². The quantitative estimate of drug-likeness (QED) is 0.293. The summed E-state index contributed by atoms with van der Waals surface area (Å²) in [6.45, 7) is 1.93. The number of fused-ring (bicyclic) bond motifs is 2. The molecule has 1 aliphatic rings. The maximum Gasteiger partial charge on any atom is 0.233 e. The van der Waals surface area contributed by atoms with Crippen molar-refractivity contribution in [3.05, 3.63) is 84.9 Å². The smallest absolute Gasteiger partial charge is 0.233 e. The first-order valence-electron chi connectivity index (χ1n) is 12.3. The van der Waals surface area contributed by atoms with Crippen molar-refractivity contribution >= 4 is 50.8 Å². The molecule has 2 N–H and O–H groups in total. The second-order valence-electron chi connectivity index (χ2n) is 8.99. The van der Waals surface area contributed by atoms with E-state index >= 15 is 0 Å². The molecule has 0 amide bonds. The summed E-state index contributed by atoms with van der Waals surface area (Å²) >= 11 is 0. The van der Waals surface area contributed by atoms with Crippen molar-refractivity contribution < 1.29 is 0 Å². The van der Waals surface area contributed by atoms with E-state index < -0.39 is 0 Å². The minimum absolute atomic E-state index is 0.540. The number of anilines is 5. The highest BCUT2D eigenvalue weighted by Crippen LogP contribution is 2.29. The maximum atomic E-state index is 4.86. The highest BCUT2D eigenvalue weighted by Gasteiger charge is 2.17. The Kier molecular flexibility index (Phi) is 5.85. The summed E-state index contributed by atoms with van der Waals surface area (Å²) in [7, 11) is 0. The zero-order chi connectivity index (χ0) is 23.5. The topological polar surface area (TPSA) is 66.0 Å². The summed E-state index contributed by atoms with van der Waals surface area (Å²) in [5.74, 6) is 1.80. The van der Waals surface area contributed by atoms with Gasteiger partial charge in [0.15, 0.2) is 0 Å². The van der Waals surface area contributed by atoms with Gasteiger partial charge in [0.25, 0.3) is 0 Å². The van der Waals surface area contributed by atoms with Crippen molar-refractivity contribution in [1.82, 2.24) is 15.0 Å². The average molecular weight is 461 g/mol. The molecule has 5 aromatic rings. The average Bonchev–Trinajstić information content (AvgIpc) is 3.19. The highest BCUT2D eigenvalue weighted by atomic mass is 15.3. The molecule has 6 nitrogen and oxygen atoms in total. The third-order valence-corrected chi connectivity index (χ3v) is 6.58. The van der Waals surface area contributed by atoms with E-state index in [2.05, 4.69) is 100 Å². The molecule has 0 atom stereocenters. The Balaban J connectivity index is 1.40. The van der Waals surface area contributed by atoms with Gasteiger partial charge in [-0.15, -0.1) is 0 Å². The fourth-order valence-electron chi connectivity index (χ4n) is 4.80. The van der Waals surface area contributed by atoms with Gasteiger partial charge in [0.2, 0.25) is 17.8 Å². The number of benzene rings is 4. The second-order valence-corrected chi connectivity index (χ2v) is 8.99. The molecule has 0 unspecified atom stereocenters. The molecule has 2 heterocycles. The lowest BCUT2D eigenvalue weighted by Gasteiger charge is -2.21. The Labute approximate surface area is 205 Å². The predicted molar refractivity (Wildman–Crippen MR) is 145 cm³/mol. The molecule has 6 rings (SSSR count). The number of nitrogens with one attached hydrogen (secondary N) is 2. The lowest BCUT2D eigenvalue weighted by Crippen LogP contribution is -2.26. The van der Waals surface area contributed by atoms with Crippen LogP contribution >= 0.6 is 0 Å². The Hall–Kier alpha value is -4.19. The van der Waals surface area contributed by atoms with E-state index in [0.29, 0.717) is 17.8 Å². The van der Waals surface area contributed by atoms with Crippen LogP contribution in [0, 0.1) is 0 Å². The molecular formula is C29H28N6. The molecular weight excluding hydrogens is 432 g/mol. The maximum absolute atomic E-state index is 4.86. The summed E-state index contributed by atoms with van der Waals surface area (Å²) in [5, 5.41) is 11.6. The van der Waals surface area contributed by atoms with Gasteiger partial charge in [-0.1, -0.05) is 85.6 Å². The molecule has 174 valence electrons. The molecule has 0 bridgehead atoms. The first-order chi connectivity index (χ1) is 17.3. The van der Waals surface area contributed by atoms with E-state index in [1.54, 1.807) is 0 Å². The molecule has 1 fully saturated rings. The van der Waals surface area contributed by atoms with Crippen LogP contribution in [-0.4, -0.2) is 28.0 Å². The summed E-state index contributed by atoms with van der Waals surface area (Å²) in [4.78, 5) is 16.8. The van der Waals surface area contributed by atoms with Crippen LogP contribution in [0.5, 0.6) is 0 Å². The molecule has 0 aliphatic carbocycles. The van der Waals surface area contributed by atoms with Crippen molar-refractivity contribution in [2.24, 2.45) is 0 Å². The lowest BCUT2D eigenvalue weighted by atomic mass is 10.1. The minimum Gasteiger partial charge on any atom is -0.341 e. The third-order valence-electron chi connectivity index (χ3n) is 6.58. The van der Waals surface area contributed by atoms with Crippen LogP contribution in [0.2, 0.25) is 0 Å². The van der Waals surface area contributed by atoms with E-state index in [1.807, 2.05) is 0 Å². The van der Waals surface area contributed by atoms with Crippen LogP contribution in [0.4, 0.5) is 29.2 Å². The molecule has 6 heteroatoms. The van der Waals surface area contributed by atoms with Crippen LogP contribution in [0.15, 0.2) is 84.9 Å². The largest absolute Gasteiger partial charge is 0.341 e. The van der Waals surface area contributed by atoms with E-state index in [9.17, 15) is 0 Å². The van der Waals surface area contributed by atoms with Crippen molar-refractivity contribution in [1.29, 1.82) is 0 Å². The number of aromatic nitrogens is 3. The molecule has 4 aromatic carbocycles. The Morgan fingerprint density at radius 3 is 1.54 bits per heavy atom. The fourth-order valence-corrected chi connectivity index (χ4v) is 4.80. The summed E-state index contributed by atoms with van der Waals surface area (Å²) in [6, 6.07) is 29.1. The van der Waals surface area contributed by atoms with E-state index in [0.717, 1.165) is 48.1 Å². The summed E-state index contributed by atoms with van der Waals surface area (Å²) in [5.41, 5.74) is 1.96. The molecule has 0 saturated carbocycles. The molecule has 1 aromatic heterocycles. The number of hydrogen-bond donors (Lipinski definition) is 2. The first-order valence-corrected chi connectivity index (χ1v) is 12.3. The lowest BCUT2D eigenvalue weighted by molar-refractivity contribution is 0.726. The molecule has 1 aliphatic heterocycles. The standard InChI is InChI=1S/C29H28N6/c1-2-8-20-35(19-7-1)29-33-27(30-25-17-9-13-21-11-3-5-15-23(21)25)32-28(34-29)31-26-18-10-14-22-12-4-6-16-24(22)26/h3-6,9-18H,1-2,7-8,19-20H2,(H2,30,31,32,33,34). The second kappa shape index (κ2) is 9.58. The number of rotatable bonds is 5. The Morgan fingerprint density at radius 2 is 1.00 bits per heavy atom. The molecule has 0 spiro atoms.